The highest BCUT2D eigenvalue weighted by molar-refractivity contribution is 5.69. The Hall–Kier alpha value is -1.55. The van der Waals surface area contributed by atoms with Crippen molar-refractivity contribution in [3.8, 4) is 5.75 Å². The molecule has 0 radical (unpaired) electrons. The number of esters is 1. The summed E-state index contributed by atoms with van der Waals surface area (Å²) in [6.45, 7) is 1.35. The molecule has 4 nitrogen and oxygen atoms in total. The summed E-state index contributed by atoms with van der Waals surface area (Å²) < 4.78 is 10.2. The molecular weight excluding hydrogens is 218 g/mol. The molecule has 1 heterocycles. The fraction of sp³-hybridized carbons (Fsp3) is 0.462. The molecule has 92 valence electrons. The van der Waals surface area contributed by atoms with E-state index in [1.807, 2.05) is 18.2 Å². The lowest BCUT2D eigenvalue weighted by molar-refractivity contribution is -0.140. The summed E-state index contributed by atoms with van der Waals surface area (Å²) in [5, 5.41) is 3.36. The van der Waals surface area contributed by atoms with Crippen molar-refractivity contribution in [2.45, 2.75) is 18.9 Å². The van der Waals surface area contributed by atoms with Gasteiger partial charge in [0.15, 0.2) is 0 Å². The Morgan fingerprint density at radius 2 is 2.35 bits per heavy atom. The largest absolute Gasteiger partial charge is 0.493 e. The van der Waals surface area contributed by atoms with Gasteiger partial charge in [0.2, 0.25) is 0 Å². The Bertz CT molecular complexity index is 392. The van der Waals surface area contributed by atoms with Gasteiger partial charge in [0.25, 0.3) is 0 Å². The van der Waals surface area contributed by atoms with Crippen molar-refractivity contribution >= 4 is 5.97 Å². The van der Waals surface area contributed by atoms with E-state index in [0.29, 0.717) is 19.6 Å². The zero-order chi connectivity index (χ0) is 12.1. The summed E-state index contributed by atoms with van der Waals surface area (Å²) in [4.78, 5) is 11.0. The Morgan fingerprint density at radius 1 is 1.53 bits per heavy atom. The summed E-state index contributed by atoms with van der Waals surface area (Å²) in [5.74, 6) is 0.757. The maximum absolute atomic E-state index is 11.0. The minimum Gasteiger partial charge on any atom is -0.493 e. The number of carbonyl (C=O) groups excluding carboxylic acids is 1. The van der Waals surface area contributed by atoms with Gasteiger partial charge in [0.05, 0.1) is 20.1 Å². The Kier molecular flexibility index (Phi) is 3.98. The molecule has 1 atom stereocenters. The highest BCUT2D eigenvalue weighted by Gasteiger charge is 2.20. The van der Waals surface area contributed by atoms with Crippen LogP contribution in [-0.2, 0) is 9.53 Å². The number of benzene rings is 1. The average Bonchev–Trinajstić information content (AvgIpc) is 2.39. The van der Waals surface area contributed by atoms with Gasteiger partial charge in [0.1, 0.15) is 5.75 Å². The van der Waals surface area contributed by atoms with E-state index < -0.39 is 0 Å². The van der Waals surface area contributed by atoms with Gasteiger partial charge in [0, 0.05) is 24.6 Å². The van der Waals surface area contributed by atoms with Crippen LogP contribution >= 0.6 is 0 Å². The quantitative estimate of drug-likeness (QED) is 0.806. The van der Waals surface area contributed by atoms with E-state index >= 15 is 0 Å². The van der Waals surface area contributed by atoms with Gasteiger partial charge < -0.3 is 14.8 Å². The van der Waals surface area contributed by atoms with Crippen LogP contribution in [0.1, 0.15) is 24.4 Å². The number of ether oxygens (including phenoxy) is 2. The van der Waals surface area contributed by atoms with Crippen molar-refractivity contribution in [2.24, 2.45) is 0 Å². The highest BCUT2D eigenvalue weighted by Crippen LogP contribution is 2.31. The number of para-hydroxylation sites is 1. The fourth-order valence-corrected chi connectivity index (χ4v) is 2.00. The predicted octanol–water partition coefficient (Wildman–Crippen LogP) is 1.66. The van der Waals surface area contributed by atoms with Crippen LogP contribution in [0.25, 0.3) is 0 Å². The minimum atomic E-state index is -0.183. The topological polar surface area (TPSA) is 47.6 Å². The second kappa shape index (κ2) is 5.68. The van der Waals surface area contributed by atoms with Crippen LogP contribution < -0.4 is 10.1 Å². The van der Waals surface area contributed by atoms with Crippen LogP contribution in [0.2, 0.25) is 0 Å². The van der Waals surface area contributed by atoms with E-state index in [-0.39, 0.29) is 12.0 Å². The zero-order valence-corrected chi connectivity index (χ0v) is 9.94. The maximum Gasteiger partial charge on any atom is 0.306 e. The van der Waals surface area contributed by atoms with Crippen molar-refractivity contribution in [1.29, 1.82) is 0 Å². The van der Waals surface area contributed by atoms with Crippen LogP contribution in [0.3, 0.4) is 0 Å². The summed E-state index contributed by atoms with van der Waals surface area (Å²) in [6.07, 6.45) is 1.33. The van der Waals surface area contributed by atoms with Gasteiger partial charge in [-0.25, -0.2) is 0 Å². The minimum absolute atomic E-state index is 0.183. The van der Waals surface area contributed by atoms with Gasteiger partial charge in [-0.3, -0.25) is 4.79 Å². The van der Waals surface area contributed by atoms with Crippen LogP contribution in [-0.4, -0.2) is 26.2 Å². The van der Waals surface area contributed by atoms with E-state index in [1.54, 1.807) is 0 Å². The molecule has 0 fully saturated rings. The third-order valence-corrected chi connectivity index (χ3v) is 2.91. The van der Waals surface area contributed by atoms with Crippen LogP contribution in [0, 0.1) is 0 Å². The molecule has 0 saturated heterocycles. The van der Waals surface area contributed by atoms with E-state index in [9.17, 15) is 4.79 Å². The Balaban J connectivity index is 1.92. The highest BCUT2D eigenvalue weighted by atomic mass is 16.5. The van der Waals surface area contributed by atoms with Gasteiger partial charge in [-0.1, -0.05) is 18.2 Å². The van der Waals surface area contributed by atoms with Crippen LogP contribution in [0.15, 0.2) is 24.3 Å². The SMILES string of the molecule is COC(=O)CCNC1CCOc2ccccc21. The predicted molar refractivity (Wildman–Crippen MR) is 63.9 cm³/mol. The number of rotatable bonds is 4. The average molecular weight is 235 g/mol. The van der Waals surface area contributed by atoms with Crippen molar-refractivity contribution in [1.82, 2.24) is 5.32 Å². The molecule has 0 aliphatic carbocycles. The number of fused-ring (bicyclic) bond motifs is 1. The summed E-state index contributed by atoms with van der Waals surface area (Å²) in [7, 11) is 1.41. The molecule has 1 unspecified atom stereocenters. The number of hydrogen-bond donors (Lipinski definition) is 1. The van der Waals surface area contributed by atoms with Crippen molar-refractivity contribution in [3.63, 3.8) is 0 Å². The first-order valence-electron chi connectivity index (χ1n) is 5.83. The van der Waals surface area contributed by atoms with Crippen molar-refractivity contribution < 1.29 is 14.3 Å². The van der Waals surface area contributed by atoms with E-state index in [2.05, 4.69) is 16.1 Å². The third kappa shape index (κ3) is 2.97. The van der Waals surface area contributed by atoms with Crippen LogP contribution in [0.5, 0.6) is 5.75 Å². The maximum atomic E-state index is 11.0. The molecule has 0 spiro atoms. The fourth-order valence-electron chi connectivity index (χ4n) is 2.00. The first-order valence-corrected chi connectivity index (χ1v) is 5.83. The lowest BCUT2D eigenvalue weighted by atomic mass is 10.0. The molecule has 0 amide bonds. The Morgan fingerprint density at radius 3 is 3.18 bits per heavy atom. The van der Waals surface area contributed by atoms with Crippen molar-refractivity contribution in [3.05, 3.63) is 29.8 Å². The normalized spacial score (nSPS) is 18.1. The lowest BCUT2D eigenvalue weighted by Gasteiger charge is -2.26. The molecule has 4 heteroatoms. The molecule has 1 aromatic rings. The number of nitrogens with one attached hydrogen (secondary N) is 1. The molecule has 1 aromatic carbocycles. The summed E-state index contributed by atoms with van der Waals surface area (Å²) in [5.41, 5.74) is 1.17. The summed E-state index contributed by atoms with van der Waals surface area (Å²) >= 11 is 0. The second-order valence-electron chi connectivity index (χ2n) is 4.01. The molecule has 1 aliphatic heterocycles. The van der Waals surface area contributed by atoms with Crippen molar-refractivity contribution in [2.75, 3.05) is 20.3 Å². The van der Waals surface area contributed by atoms with Crippen LogP contribution in [0.4, 0.5) is 0 Å². The monoisotopic (exact) mass is 235 g/mol. The molecule has 1 N–H and O–H groups in total. The number of methoxy groups -OCH3 is 1. The molecule has 0 saturated carbocycles. The van der Waals surface area contributed by atoms with Gasteiger partial charge in [-0.2, -0.15) is 0 Å². The number of hydrogen-bond acceptors (Lipinski definition) is 4. The first-order chi connectivity index (χ1) is 8.31. The van der Waals surface area contributed by atoms with E-state index in [1.165, 1.54) is 12.7 Å². The molecule has 0 bridgehead atoms. The molecular formula is C13H17NO3. The first kappa shape index (κ1) is 11.9. The molecule has 0 aromatic heterocycles. The van der Waals surface area contributed by atoms with E-state index in [0.717, 1.165) is 12.2 Å². The molecule has 17 heavy (non-hydrogen) atoms. The summed E-state index contributed by atoms with van der Waals surface area (Å²) in [6, 6.07) is 8.27. The zero-order valence-electron chi connectivity index (χ0n) is 9.94. The smallest absolute Gasteiger partial charge is 0.306 e. The van der Waals surface area contributed by atoms with Gasteiger partial charge in [-0.15, -0.1) is 0 Å². The standard InChI is InChI=1S/C13H17NO3/c1-16-13(15)6-8-14-11-7-9-17-12-5-3-2-4-10(11)12/h2-5,11,14H,6-9H2,1H3. The second-order valence-corrected chi connectivity index (χ2v) is 4.01. The molecule has 2 rings (SSSR count). The number of carbonyl (C=O) groups is 1. The Labute approximate surface area is 101 Å². The van der Waals surface area contributed by atoms with Gasteiger partial charge >= 0.3 is 5.97 Å². The van der Waals surface area contributed by atoms with E-state index in [4.69, 9.17) is 4.74 Å². The molecule has 1 aliphatic rings. The van der Waals surface area contributed by atoms with Gasteiger partial charge in [-0.05, 0) is 6.07 Å². The third-order valence-electron chi connectivity index (χ3n) is 2.91. The lowest BCUT2D eigenvalue weighted by Crippen LogP contribution is -2.28.